The molecule has 2 N–H and O–H groups in total. The highest BCUT2D eigenvalue weighted by Crippen LogP contribution is 2.27. The van der Waals surface area contributed by atoms with Gasteiger partial charge in [-0.05, 0) is 11.4 Å². The molecule has 24 heavy (non-hydrogen) atoms. The van der Waals surface area contributed by atoms with Crippen molar-refractivity contribution < 1.29 is 19.1 Å². The van der Waals surface area contributed by atoms with E-state index in [1.807, 2.05) is 22.8 Å². The average molecular weight is 365 g/mol. The van der Waals surface area contributed by atoms with Crippen LogP contribution in [0, 0.1) is 0 Å². The topological polar surface area (TPSA) is 97.4 Å². The molecule has 9 heteroatoms. The average Bonchev–Trinajstić information content (AvgIpc) is 3.22. The summed E-state index contributed by atoms with van der Waals surface area (Å²) in [4.78, 5) is 39.8. The summed E-state index contributed by atoms with van der Waals surface area (Å²) in [5.74, 6) is -1.29. The molecule has 0 bridgehead atoms. The number of aromatic nitrogens is 1. The Labute approximate surface area is 146 Å². The van der Waals surface area contributed by atoms with Crippen molar-refractivity contribution in [2.75, 3.05) is 13.2 Å². The molecule has 0 atom stereocenters. The van der Waals surface area contributed by atoms with Crippen LogP contribution in [0.5, 0.6) is 0 Å². The summed E-state index contributed by atoms with van der Waals surface area (Å²) in [5.41, 5.74) is 0.581. The molecule has 0 radical (unpaired) electrons. The number of amides is 3. The van der Waals surface area contributed by atoms with Crippen LogP contribution in [-0.4, -0.2) is 36.0 Å². The van der Waals surface area contributed by atoms with Gasteiger partial charge in [-0.2, -0.15) is 0 Å². The third-order valence-electron chi connectivity index (χ3n) is 2.63. The summed E-state index contributed by atoms with van der Waals surface area (Å²) in [6.07, 6.45) is 1.44. The highest BCUT2D eigenvalue weighted by Gasteiger charge is 2.13. The zero-order chi connectivity index (χ0) is 17.4. The minimum atomic E-state index is -0.706. The molecule has 126 valence electrons. The molecule has 0 aromatic carbocycles. The molecule has 3 amide bonds. The van der Waals surface area contributed by atoms with Gasteiger partial charge in [-0.15, -0.1) is 29.3 Å². The van der Waals surface area contributed by atoms with E-state index < -0.39 is 24.5 Å². The number of thiazole rings is 1. The lowest BCUT2D eigenvalue weighted by Gasteiger charge is -2.05. The van der Waals surface area contributed by atoms with Gasteiger partial charge in [0, 0.05) is 11.9 Å². The van der Waals surface area contributed by atoms with Crippen molar-refractivity contribution in [1.29, 1.82) is 0 Å². The summed E-state index contributed by atoms with van der Waals surface area (Å²) in [7, 11) is 0. The van der Waals surface area contributed by atoms with Gasteiger partial charge < -0.3 is 10.1 Å². The molecule has 2 heterocycles. The van der Waals surface area contributed by atoms with Crippen LogP contribution in [0.25, 0.3) is 9.88 Å². The van der Waals surface area contributed by atoms with E-state index in [2.05, 4.69) is 16.9 Å². The second-order valence-corrected chi connectivity index (χ2v) is 6.31. The van der Waals surface area contributed by atoms with Gasteiger partial charge in [0.1, 0.15) is 5.01 Å². The van der Waals surface area contributed by atoms with Crippen LogP contribution < -0.4 is 10.6 Å². The third kappa shape index (κ3) is 5.60. The lowest BCUT2D eigenvalue weighted by molar-refractivity contribution is -0.147. The van der Waals surface area contributed by atoms with Crippen LogP contribution >= 0.6 is 22.7 Å². The first kappa shape index (κ1) is 17.8. The molecule has 0 fully saturated rings. The van der Waals surface area contributed by atoms with Crippen LogP contribution in [0.4, 0.5) is 4.79 Å². The fraction of sp³-hybridized carbons (Fsp3) is 0.200. The first-order valence-corrected chi connectivity index (χ1v) is 8.67. The van der Waals surface area contributed by atoms with Crippen molar-refractivity contribution in [3.8, 4) is 9.88 Å². The molecule has 0 aliphatic heterocycles. The van der Waals surface area contributed by atoms with E-state index >= 15 is 0 Å². The smallest absolute Gasteiger partial charge is 0.321 e. The van der Waals surface area contributed by atoms with Gasteiger partial charge in [-0.1, -0.05) is 12.1 Å². The Bertz CT molecular complexity index is 725. The second kappa shape index (κ2) is 8.94. The van der Waals surface area contributed by atoms with Crippen LogP contribution in [-0.2, 0) is 20.7 Å². The molecule has 2 aromatic heterocycles. The minimum absolute atomic E-state index is 0.0299. The molecule has 0 aliphatic carbocycles. The first-order chi connectivity index (χ1) is 11.6. The van der Waals surface area contributed by atoms with Gasteiger partial charge in [-0.3, -0.25) is 14.9 Å². The van der Waals surface area contributed by atoms with E-state index in [4.69, 9.17) is 4.74 Å². The molecule has 0 unspecified atom stereocenters. The number of urea groups is 1. The molecule has 0 aliphatic rings. The van der Waals surface area contributed by atoms with Crippen LogP contribution in [0.3, 0.4) is 0 Å². The maximum Gasteiger partial charge on any atom is 0.321 e. The first-order valence-electron chi connectivity index (χ1n) is 6.91. The number of nitrogens with one attached hydrogen (secondary N) is 2. The highest BCUT2D eigenvalue weighted by atomic mass is 32.1. The minimum Gasteiger partial charge on any atom is -0.455 e. The Morgan fingerprint density at radius 2 is 2.17 bits per heavy atom. The summed E-state index contributed by atoms with van der Waals surface area (Å²) in [5, 5.41) is 8.97. The van der Waals surface area contributed by atoms with E-state index in [1.54, 1.807) is 16.7 Å². The lowest BCUT2D eigenvalue weighted by atomic mass is 10.3. The summed E-state index contributed by atoms with van der Waals surface area (Å²) in [6, 6.07) is 3.21. The number of esters is 1. The van der Waals surface area contributed by atoms with Crippen molar-refractivity contribution >= 4 is 40.6 Å². The SMILES string of the molecule is C=CCNC(=O)NC(=O)COC(=O)Cc1csc(-c2cccs2)n1. The van der Waals surface area contributed by atoms with Crippen LogP contribution in [0.2, 0.25) is 0 Å². The number of nitrogens with zero attached hydrogens (tertiary/aromatic N) is 1. The van der Waals surface area contributed by atoms with E-state index in [9.17, 15) is 14.4 Å². The van der Waals surface area contributed by atoms with Crippen LogP contribution in [0.1, 0.15) is 5.69 Å². The summed E-state index contributed by atoms with van der Waals surface area (Å²) < 4.78 is 4.83. The molecule has 2 aromatic rings. The predicted molar refractivity (Wildman–Crippen MR) is 91.8 cm³/mol. The van der Waals surface area contributed by atoms with Crippen molar-refractivity contribution in [3.63, 3.8) is 0 Å². The largest absolute Gasteiger partial charge is 0.455 e. The number of thiophene rings is 1. The predicted octanol–water partition coefficient (Wildman–Crippen LogP) is 1.97. The summed E-state index contributed by atoms with van der Waals surface area (Å²) >= 11 is 3.01. The van der Waals surface area contributed by atoms with Gasteiger partial charge >= 0.3 is 12.0 Å². The Morgan fingerprint density at radius 1 is 1.33 bits per heavy atom. The number of imide groups is 1. The maximum atomic E-state index is 11.7. The molecule has 0 saturated heterocycles. The van der Waals surface area contributed by atoms with E-state index in [-0.39, 0.29) is 13.0 Å². The number of carbonyl (C=O) groups is 3. The van der Waals surface area contributed by atoms with Crippen LogP contribution in [0.15, 0.2) is 35.5 Å². The van der Waals surface area contributed by atoms with Gasteiger partial charge in [0.2, 0.25) is 0 Å². The Morgan fingerprint density at radius 3 is 2.88 bits per heavy atom. The molecule has 0 saturated carbocycles. The van der Waals surface area contributed by atoms with Gasteiger partial charge in [0.15, 0.2) is 6.61 Å². The number of hydrogen-bond donors (Lipinski definition) is 2. The van der Waals surface area contributed by atoms with Crippen molar-refractivity contribution in [2.45, 2.75) is 6.42 Å². The maximum absolute atomic E-state index is 11.7. The van der Waals surface area contributed by atoms with Crippen molar-refractivity contribution in [3.05, 3.63) is 41.2 Å². The molecule has 7 nitrogen and oxygen atoms in total. The fourth-order valence-corrected chi connectivity index (χ4v) is 3.25. The normalized spacial score (nSPS) is 10.0. The number of carbonyl (C=O) groups excluding carboxylic acids is 3. The van der Waals surface area contributed by atoms with Crippen molar-refractivity contribution in [2.24, 2.45) is 0 Å². The number of ether oxygens (including phenoxy) is 1. The Balaban J connectivity index is 1.74. The Hall–Kier alpha value is -2.52. The second-order valence-electron chi connectivity index (χ2n) is 4.51. The van der Waals surface area contributed by atoms with Crippen molar-refractivity contribution in [1.82, 2.24) is 15.6 Å². The Kier molecular flexibility index (Phi) is 6.64. The van der Waals surface area contributed by atoms with E-state index in [0.717, 1.165) is 9.88 Å². The lowest BCUT2D eigenvalue weighted by Crippen LogP contribution is -2.41. The zero-order valence-electron chi connectivity index (χ0n) is 12.6. The zero-order valence-corrected chi connectivity index (χ0v) is 14.2. The van der Waals surface area contributed by atoms with Gasteiger partial charge in [0.25, 0.3) is 5.91 Å². The molecular weight excluding hydrogens is 350 g/mol. The standard InChI is InChI=1S/C15H15N3O4S2/c1-2-5-16-15(21)18-12(19)8-22-13(20)7-10-9-24-14(17-10)11-4-3-6-23-11/h2-4,6,9H,1,5,7-8H2,(H2,16,18,19,21). The molecule has 2 rings (SSSR count). The molecule has 0 spiro atoms. The monoisotopic (exact) mass is 365 g/mol. The molecular formula is C15H15N3O4S2. The van der Waals surface area contributed by atoms with Gasteiger partial charge in [0.05, 0.1) is 17.0 Å². The quantitative estimate of drug-likeness (QED) is 0.577. The fourth-order valence-electron chi connectivity index (χ4n) is 1.62. The van der Waals surface area contributed by atoms with E-state index in [1.165, 1.54) is 17.4 Å². The third-order valence-corrected chi connectivity index (χ3v) is 4.56. The number of rotatable bonds is 7. The number of hydrogen-bond acceptors (Lipinski definition) is 7. The highest BCUT2D eigenvalue weighted by molar-refractivity contribution is 7.20. The summed E-state index contributed by atoms with van der Waals surface area (Å²) in [6.45, 7) is 3.13. The van der Waals surface area contributed by atoms with E-state index in [0.29, 0.717) is 5.69 Å². The van der Waals surface area contributed by atoms with Gasteiger partial charge in [-0.25, -0.2) is 9.78 Å².